The molecule has 0 saturated carbocycles. The summed E-state index contributed by atoms with van der Waals surface area (Å²) in [5.41, 5.74) is 4.44. The molecule has 2 aromatic heterocycles. The van der Waals surface area contributed by atoms with Gasteiger partial charge in [-0.1, -0.05) is 17.5 Å². The van der Waals surface area contributed by atoms with Gasteiger partial charge >= 0.3 is 0 Å². The number of hydrogen-bond acceptors (Lipinski definition) is 7. The third-order valence-corrected chi connectivity index (χ3v) is 4.81. The highest BCUT2D eigenvalue weighted by molar-refractivity contribution is 6.32. The first-order chi connectivity index (χ1) is 12.1. The number of anilines is 1. The molecule has 1 aliphatic heterocycles. The Hall–Kier alpha value is -2.03. The van der Waals surface area contributed by atoms with Crippen molar-refractivity contribution in [2.75, 3.05) is 11.6 Å². The predicted molar refractivity (Wildman–Crippen MR) is 92.3 cm³/mol. The van der Waals surface area contributed by atoms with E-state index in [-0.39, 0.29) is 11.6 Å². The van der Waals surface area contributed by atoms with Gasteiger partial charge in [-0.3, -0.25) is 9.36 Å². The first kappa shape index (κ1) is 18.8. The lowest BCUT2D eigenvalue weighted by Gasteiger charge is -2.25. The fourth-order valence-corrected chi connectivity index (χ4v) is 3.45. The van der Waals surface area contributed by atoms with Crippen LogP contribution in [0.2, 0.25) is 0 Å². The maximum Gasteiger partial charge on any atom is 0.285 e. The molecule has 140 valence electrons. The zero-order valence-corrected chi connectivity index (χ0v) is 14.7. The van der Waals surface area contributed by atoms with Crippen molar-refractivity contribution in [3.63, 3.8) is 0 Å². The molecule has 12 heteroatoms. The van der Waals surface area contributed by atoms with Crippen molar-refractivity contribution in [1.82, 2.24) is 14.2 Å². The number of alkyl halides is 1. The zero-order chi connectivity index (χ0) is 19.4. The van der Waals surface area contributed by atoms with E-state index >= 15 is 0 Å². The van der Waals surface area contributed by atoms with Crippen molar-refractivity contribution in [2.24, 2.45) is 0 Å². The summed E-state index contributed by atoms with van der Waals surface area (Å²) < 4.78 is 21.5. The van der Waals surface area contributed by atoms with E-state index in [1.165, 1.54) is 6.92 Å². The van der Waals surface area contributed by atoms with Crippen LogP contribution in [-0.4, -0.2) is 47.6 Å². The third kappa shape index (κ3) is 2.52. The van der Waals surface area contributed by atoms with Crippen molar-refractivity contribution in [3.05, 3.63) is 22.4 Å². The van der Waals surface area contributed by atoms with E-state index in [9.17, 15) is 19.4 Å². The van der Waals surface area contributed by atoms with Gasteiger partial charge in [0.2, 0.25) is 5.95 Å². The minimum atomic E-state index is -1.85. The number of aliphatic hydroxyl groups excluding tert-OH is 2. The number of nitrogens with two attached hydrogens (primary N) is 2. The average Bonchev–Trinajstić information content (AvgIpc) is 3.01. The van der Waals surface area contributed by atoms with E-state index in [0.29, 0.717) is 4.68 Å². The molecular weight excluding hydrogens is 392 g/mol. The number of aliphatic hydroxyl groups is 2. The van der Waals surface area contributed by atoms with Gasteiger partial charge in [-0.25, -0.2) is 4.39 Å². The lowest BCUT2D eigenvalue weighted by molar-refractivity contribution is -0.0752. The summed E-state index contributed by atoms with van der Waals surface area (Å²) in [6.45, 7) is 1.37. The molecule has 0 spiro atoms. The number of rotatable bonds is 2. The van der Waals surface area contributed by atoms with Crippen molar-refractivity contribution in [2.45, 2.75) is 36.3 Å². The first-order valence-corrected chi connectivity index (χ1v) is 8.06. The molecule has 5 atom stereocenters. The highest BCUT2D eigenvalue weighted by Crippen LogP contribution is 2.45. The topological polar surface area (TPSA) is 142 Å². The molecule has 1 aliphatic rings. The second-order valence-corrected chi connectivity index (χ2v) is 6.67. The Labute approximate surface area is 155 Å². The van der Waals surface area contributed by atoms with Gasteiger partial charge in [0.25, 0.3) is 5.56 Å². The van der Waals surface area contributed by atoms with Crippen molar-refractivity contribution >= 4 is 40.2 Å². The molecule has 0 bridgehead atoms. The van der Waals surface area contributed by atoms with Crippen LogP contribution in [0.1, 0.15) is 13.2 Å². The van der Waals surface area contributed by atoms with Crippen LogP contribution >= 0.6 is 23.2 Å². The summed E-state index contributed by atoms with van der Waals surface area (Å²) in [4.78, 5) is 14.2. The van der Waals surface area contributed by atoms with Crippen LogP contribution in [0.25, 0.3) is 11.0 Å². The number of fused-ring (bicyclic) bond motifs is 1. The van der Waals surface area contributed by atoms with Crippen LogP contribution in [-0.2, 0) is 4.74 Å². The molecule has 9 nitrogen and oxygen atoms in total. The molecule has 0 aliphatic carbocycles. The van der Waals surface area contributed by atoms with Gasteiger partial charge in [-0.05, 0) is 18.5 Å². The molecule has 1 unspecified atom stereocenters. The monoisotopic (exact) mass is 405 g/mol. The van der Waals surface area contributed by atoms with E-state index in [2.05, 4.69) is 16.3 Å². The summed E-state index contributed by atoms with van der Waals surface area (Å²) in [6.07, 6.45) is -4.20. The van der Waals surface area contributed by atoms with E-state index in [0.717, 1.165) is 10.8 Å². The Balaban J connectivity index is 2.28. The van der Waals surface area contributed by atoms with Crippen LogP contribution in [0.15, 0.2) is 11.0 Å². The number of nitrogens with zero attached hydrogens (tertiary/aromatic N) is 3. The second kappa shape index (κ2) is 6.29. The number of ether oxygens (including phenoxy) is 1. The van der Waals surface area contributed by atoms with Gasteiger partial charge < -0.3 is 26.5 Å². The van der Waals surface area contributed by atoms with Crippen molar-refractivity contribution < 1.29 is 19.3 Å². The quantitative estimate of drug-likeness (QED) is 0.298. The standard InChI is InChI=1S/C14H14Cl2FN5O4/c1-5(23)8-9(24)14(16,2-3-15)12(26-8)21-4-6(17)7-10(21)20-13(18)22(19)11(7)25/h4-5,8-9,12,23-24H,19H2,1H3,(H2,18,20)/t5-,8+,9?,12+,14+/m0/s1. The Bertz CT molecular complexity index is 997. The number of halogens is 3. The normalized spacial score (nSPS) is 29.5. The van der Waals surface area contributed by atoms with Gasteiger partial charge in [0.15, 0.2) is 22.6 Å². The third-order valence-electron chi connectivity index (χ3n) is 4.21. The number of nitrogen functional groups attached to an aromatic ring is 2. The summed E-state index contributed by atoms with van der Waals surface area (Å²) in [7, 11) is 0. The molecule has 1 saturated heterocycles. The van der Waals surface area contributed by atoms with Crippen LogP contribution in [0.3, 0.4) is 0 Å². The van der Waals surface area contributed by atoms with E-state index < -0.39 is 46.2 Å². The van der Waals surface area contributed by atoms with Gasteiger partial charge in [0.05, 0.1) is 6.10 Å². The molecule has 6 N–H and O–H groups in total. The molecule has 3 heterocycles. The number of aromatic nitrogens is 3. The Kier molecular flexibility index (Phi) is 4.54. The molecule has 3 rings (SSSR count). The maximum absolute atomic E-state index is 14.4. The smallest absolute Gasteiger partial charge is 0.285 e. The lowest BCUT2D eigenvalue weighted by atomic mass is 9.97. The summed E-state index contributed by atoms with van der Waals surface area (Å²) in [5.74, 6) is 6.51. The molecule has 0 radical (unpaired) electrons. The Morgan fingerprint density at radius 1 is 1.58 bits per heavy atom. The Morgan fingerprint density at radius 3 is 2.81 bits per heavy atom. The first-order valence-electron chi connectivity index (χ1n) is 7.30. The lowest BCUT2D eigenvalue weighted by Crippen LogP contribution is -2.43. The molecule has 0 amide bonds. The fraction of sp³-hybridized carbons (Fsp3) is 0.429. The molecule has 1 fully saturated rings. The summed E-state index contributed by atoms with van der Waals surface area (Å²) in [5, 5.41) is 21.9. The van der Waals surface area contributed by atoms with Crippen molar-refractivity contribution in [3.8, 4) is 11.3 Å². The highest BCUT2D eigenvalue weighted by Gasteiger charge is 2.57. The van der Waals surface area contributed by atoms with Gasteiger partial charge in [-0.2, -0.15) is 9.66 Å². The minimum Gasteiger partial charge on any atom is -0.391 e. The predicted octanol–water partition coefficient (Wildman–Crippen LogP) is -0.550. The van der Waals surface area contributed by atoms with Crippen LogP contribution in [0.4, 0.5) is 10.3 Å². The van der Waals surface area contributed by atoms with Crippen LogP contribution in [0, 0.1) is 17.1 Å². The maximum atomic E-state index is 14.4. The van der Waals surface area contributed by atoms with Gasteiger partial charge in [0, 0.05) is 11.6 Å². The van der Waals surface area contributed by atoms with E-state index in [4.69, 9.17) is 39.5 Å². The highest BCUT2D eigenvalue weighted by atomic mass is 35.5. The molecule has 0 aromatic carbocycles. The van der Waals surface area contributed by atoms with E-state index in [1.54, 1.807) is 0 Å². The van der Waals surface area contributed by atoms with Gasteiger partial charge in [0.1, 0.15) is 17.6 Å². The van der Waals surface area contributed by atoms with Crippen LogP contribution < -0.4 is 17.1 Å². The molecular formula is C14H14Cl2FN5O4. The van der Waals surface area contributed by atoms with E-state index in [1.807, 2.05) is 0 Å². The van der Waals surface area contributed by atoms with Crippen LogP contribution in [0.5, 0.6) is 0 Å². The summed E-state index contributed by atoms with van der Waals surface area (Å²) in [6, 6.07) is 0. The van der Waals surface area contributed by atoms with Gasteiger partial charge in [-0.15, -0.1) is 0 Å². The molecule has 26 heavy (non-hydrogen) atoms. The van der Waals surface area contributed by atoms with Crippen molar-refractivity contribution in [1.29, 1.82) is 0 Å². The zero-order valence-electron chi connectivity index (χ0n) is 13.2. The largest absolute Gasteiger partial charge is 0.391 e. The molecule has 2 aromatic rings. The fourth-order valence-electron chi connectivity index (χ4n) is 2.92. The SMILES string of the molecule is C[C@H](O)[C@H]1O[C@@H](n2cc(F)c3c(=O)n(N)c(N)nc32)[C@@](Cl)(C#CCl)C1O. The average molecular weight is 406 g/mol. The second-order valence-electron chi connectivity index (χ2n) is 5.85. The minimum absolute atomic E-state index is 0.212. The Morgan fingerprint density at radius 2 is 2.23 bits per heavy atom. The number of hydrogen-bond donors (Lipinski definition) is 4. The summed E-state index contributed by atoms with van der Waals surface area (Å²) >= 11 is 11.9.